The molecule has 2 N–H and O–H groups in total. The lowest BCUT2D eigenvalue weighted by atomic mass is 10.2. The highest BCUT2D eigenvalue weighted by molar-refractivity contribution is 5.79. The molecule has 23 heavy (non-hydrogen) atoms. The minimum atomic E-state index is -0.178. The molecule has 1 aliphatic heterocycles. The van der Waals surface area contributed by atoms with Crippen LogP contribution in [0.5, 0.6) is 0 Å². The Morgan fingerprint density at radius 3 is 2.22 bits per heavy atom. The average molecular weight is 321 g/mol. The normalized spacial score (nSPS) is 15.3. The van der Waals surface area contributed by atoms with Crippen molar-refractivity contribution >= 4 is 11.6 Å². The van der Waals surface area contributed by atoms with Gasteiger partial charge in [-0.2, -0.15) is 0 Å². The first-order chi connectivity index (χ1) is 11.2. The van der Waals surface area contributed by atoms with E-state index in [1.165, 1.54) is 12.1 Å². The van der Waals surface area contributed by atoms with Gasteiger partial charge in [-0.25, -0.2) is 4.39 Å². The maximum absolute atomic E-state index is 13.0. The Morgan fingerprint density at radius 2 is 1.65 bits per heavy atom. The molecule has 0 aliphatic carbocycles. The molecule has 1 aromatic carbocycles. The predicted molar refractivity (Wildman–Crippen MR) is 94.7 cm³/mol. The summed E-state index contributed by atoms with van der Waals surface area (Å²) in [4.78, 5) is 9.32. The molecule has 0 bridgehead atoms. The second-order valence-electron chi connectivity index (χ2n) is 5.60. The molecule has 1 heterocycles. The van der Waals surface area contributed by atoms with Crippen LogP contribution in [-0.2, 0) is 0 Å². The smallest absolute Gasteiger partial charge is 0.191 e. The number of guanidine groups is 1. The van der Waals surface area contributed by atoms with Gasteiger partial charge in [0.2, 0.25) is 0 Å². The maximum atomic E-state index is 13.0. The van der Waals surface area contributed by atoms with Gasteiger partial charge in [0.1, 0.15) is 5.82 Å². The quantitative estimate of drug-likeness (QED) is 0.616. The zero-order valence-corrected chi connectivity index (χ0v) is 14.2. The lowest BCUT2D eigenvalue weighted by Gasteiger charge is -2.35. The number of rotatable bonds is 6. The molecule has 0 spiro atoms. The molecule has 1 aromatic rings. The number of piperazine rings is 1. The topological polar surface area (TPSA) is 42.9 Å². The summed E-state index contributed by atoms with van der Waals surface area (Å²) in [5.41, 5.74) is 1.10. The Morgan fingerprint density at radius 1 is 1.04 bits per heavy atom. The molecule has 1 saturated heterocycles. The molecule has 5 nitrogen and oxygen atoms in total. The molecule has 0 aromatic heterocycles. The second-order valence-corrected chi connectivity index (χ2v) is 5.60. The van der Waals surface area contributed by atoms with Gasteiger partial charge < -0.3 is 15.5 Å². The summed E-state index contributed by atoms with van der Waals surface area (Å²) in [6, 6.07) is 6.77. The van der Waals surface area contributed by atoms with Crippen LogP contribution in [-0.4, -0.2) is 63.2 Å². The summed E-state index contributed by atoms with van der Waals surface area (Å²) in [6.45, 7) is 11.7. The van der Waals surface area contributed by atoms with Crippen LogP contribution >= 0.6 is 0 Å². The number of hydrogen-bond donors (Lipinski definition) is 2. The highest BCUT2D eigenvalue weighted by Crippen LogP contribution is 2.16. The molecule has 0 unspecified atom stereocenters. The van der Waals surface area contributed by atoms with E-state index in [2.05, 4.69) is 39.3 Å². The van der Waals surface area contributed by atoms with E-state index in [-0.39, 0.29) is 5.82 Å². The zero-order chi connectivity index (χ0) is 16.5. The van der Waals surface area contributed by atoms with Crippen molar-refractivity contribution in [3.63, 3.8) is 0 Å². The van der Waals surface area contributed by atoms with Gasteiger partial charge in [-0.1, -0.05) is 0 Å². The monoisotopic (exact) mass is 321 g/mol. The van der Waals surface area contributed by atoms with Crippen LogP contribution < -0.4 is 15.5 Å². The molecule has 0 atom stereocenters. The molecular formula is C17H28FN5. The van der Waals surface area contributed by atoms with Crippen molar-refractivity contribution in [1.82, 2.24) is 15.5 Å². The Kier molecular flexibility index (Phi) is 7.13. The van der Waals surface area contributed by atoms with Crippen molar-refractivity contribution in [2.45, 2.75) is 13.8 Å². The van der Waals surface area contributed by atoms with E-state index in [0.29, 0.717) is 0 Å². The number of anilines is 1. The Balaban J connectivity index is 1.74. The fraction of sp³-hybridized carbons (Fsp3) is 0.588. The summed E-state index contributed by atoms with van der Waals surface area (Å²) in [5.74, 6) is 0.711. The second kappa shape index (κ2) is 9.35. The molecule has 2 rings (SSSR count). The van der Waals surface area contributed by atoms with Gasteiger partial charge >= 0.3 is 0 Å². The van der Waals surface area contributed by atoms with Gasteiger partial charge in [-0.3, -0.25) is 9.89 Å². The maximum Gasteiger partial charge on any atom is 0.191 e. The van der Waals surface area contributed by atoms with Crippen LogP contribution in [0.2, 0.25) is 0 Å². The van der Waals surface area contributed by atoms with Crippen molar-refractivity contribution in [2.24, 2.45) is 4.99 Å². The zero-order valence-electron chi connectivity index (χ0n) is 14.2. The highest BCUT2D eigenvalue weighted by atomic mass is 19.1. The highest BCUT2D eigenvalue weighted by Gasteiger charge is 2.16. The predicted octanol–water partition coefficient (Wildman–Crippen LogP) is 1.52. The van der Waals surface area contributed by atoms with E-state index in [1.54, 1.807) is 0 Å². The van der Waals surface area contributed by atoms with Crippen molar-refractivity contribution in [2.75, 3.05) is 57.3 Å². The minimum absolute atomic E-state index is 0.178. The fourth-order valence-electron chi connectivity index (χ4n) is 2.69. The Labute approximate surface area is 138 Å². The fourth-order valence-corrected chi connectivity index (χ4v) is 2.69. The first-order valence-electron chi connectivity index (χ1n) is 8.48. The summed E-state index contributed by atoms with van der Waals surface area (Å²) in [7, 11) is 0. The molecular weight excluding hydrogens is 293 g/mol. The standard InChI is InChI=1S/C17H28FN5/c1-3-19-17(20-4-2)21-9-10-22-11-13-23(14-12-22)16-7-5-15(18)6-8-16/h5-8H,3-4,9-14H2,1-2H3,(H2,19,20,21). The van der Waals surface area contributed by atoms with E-state index in [1.807, 2.05) is 12.1 Å². The average Bonchev–Trinajstić information content (AvgIpc) is 2.57. The molecule has 1 fully saturated rings. The van der Waals surface area contributed by atoms with Crippen LogP contribution in [0.15, 0.2) is 29.3 Å². The third-order valence-electron chi connectivity index (χ3n) is 3.94. The van der Waals surface area contributed by atoms with Gasteiger partial charge in [-0.15, -0.1) is 0 Å². The van der Waals surface area contributed by atoms with Gasteiger partial charge in [-0.05, 0) is 38.1 Å². The summed E-state index contributed by atoms with van der Waals surface area (Å²) in [5, 5.41) is 6.47. The third-order valence-corrected chi connectivity index (χ3v) is 3.94. The minimum Gasteiger partial charge on any atom is -0.369 e. The number of nitrogens with one attached hydrogen (secondary N) is 2. The molecule has 1 aliphatic rings. The molecule has 0 amide bonds. The first-order valence-corrected chi connectivity index (χ1v) is 8.48. The van der Waals surface area contributed by atoms with E-state index in [4.69, 9.17) is 0 Å². The van der Waals surface area contributed by atoms with Crippen molar-refractivity contribution in [3.8, 4) is 0 Å². The van der Waals surface area contributed by atoms with E-state index in [0.717, 1.165) is 64.0 Å². The van der Waals surface area contributed by atoms with Gasteiger partial charge in [0.25, 0.3) is 0 Å². The SMILES string of the molecule is CCNC(=NCCN1CCN(c2ccc(F)cc2)CC1)NCC. The number of nitrogens with zero attached hydrogens (tertiary/aromatic N) is 3. The Bertz CT molecular complexity index is 472. The van der Waals surface area contributed by atoms with E-state index >= 15 is 0 Å². The summed E-state index contributed by atoms with van der Waals surface area (Å²) in [6.07, 6.45) is 0. The number of aliphatic imine (C=N–C) groups is 1. The van der Waals surface area contributed by atoms with Crippen molar-refractivity contribution in [3.05, 3.63) is 30.1 Å². The van der Waals surface area contributed by atoms with Crippen LogP contribution in [0, 0.1) is 5.82 Å². The number of benzene rings is 1. The van der Waals surface area contributed by atoms with Gasteiger partial charge in [0, 0.05) is 51.5 Å². The van der Waals surface area contributed by atoms with E-state index in [9.17, 15) is 4.39 Å². The number of halogens is 1. The Hall–Kier alpha value is -1.82. The molecule has 0 radical (unpaired) electrons. The van der Waals surface area contributed by atoms with Crippen LogP contribution in [0.1, 0.15) is 13.8 Å². The number of hydrogen-bond acceptors (Lipinski definition) is 3. The van der Waals surface area contributed by atoms with Crippen LogP contribution in [0.3, 0.4) is 0 Å². The summed E-state index contributed by atoms with van der Waals surface area (Å²) < 4.78 is 13.0. The molecule has 6 heteroatoms. The molecule has 0 saturated carbocycles. The van der Waals surface area contributed by atoms with Crippen molar-refractivity contribution < 1.29 is 4.39 Å². The lowest BCUT2D eigenvalue weighted by Crippen LogP contribution is -2.47. The molecule has 128 valence electrons. The van der Waals surface area contributed by atoms with Crippen LogP contribution in [0.4, 0.5) is 10.1 Å². The van der Waals surface area contributed by atoms with E-state index < -0.39 is 0 Å². The van der Waals surface area contributed by atoms with Gasteiger partial charge in [0.15, 0.2) is 5.96 Å². The summed E-state index contributed by atoms with van der Waals surface area (Å²) >= 11 is 0. The van der Waals surface area contributed by atoms with Crippen molar-refractivity contribution in [1.29, 1.82) is 0 Å². The first kappa shape index (κ1) is 17.5. The van der Waals surface area contributed by atoms with Crippen LogP contribution in [0.25, 0.3) is 0 Å². The largest absolute Gasteiger partial charge is 0.369 e. The van der Waals surface area contributed by atoms with Gasteiger partial charge in [0.05, 0.1) is 6.54 Å². The lowest BCUT2D eigenvalue weighted by molar-refractivity contribution is 0.265. The third kappa shape index (κ3) is 5.71.